The topological polar surface area (TPSA) is 63.2 Å². The maximum atomic E-state index is 8.33. The summed E-state index contributed by atoms with van der Waals surface area (Å²) >= 11 is 0. The summed E-state index contributed by atoms with van der Waals surface area (Å²) in [6.07, 6.45) is -2.33. The van der Waals surface area contributed by atoms with E-state index in [1.807, 2.05) is 0 Å². The molecule has 3 nitrogen and oxygen atoms in total. The average Bonchev–Trinajstić information content (AvgIpc) is 0.811. The molecule has 5 heteroatoms. The van der Waals surface area contributed by atoms with Gasteiger partial charge in [0.2, 0.25) is 0 Å². The van der Waals surface area contributed by atoms with Crippen LogP contribution in [0.25, 0.3) is 0 Å². The summed E-state index contributed by atoms with van der Waals surface area (Å²) in [5, 5.41) is 16.7. The maximum Gasteiger partial charge on any atom is 0 e. The Balaban J connectivity index is -0.0000000450. The molecule has 0 aromatic rings. The SMILES string of the molecule is O=C([O-])[O-].[Dy].[Dy]. The van der Waals surface area contributed by atoms with Crippen molar-refractivity contribution in [1.82, 2.24) is 0 Å². The first-order valence-corrected chi connectivity index (χ1v) is 0.612. The van der Waals surface area contributed by atoms with E-state index in [-0.39, 0.29) is 76.3 Å². The summed E-state index contributed by atoms with van der Waals surface area (Å²) < 4.78 is 0. The Morgan fingerprint density at radius 3 is 1.17 bits per heavy atom. The molecule has 0 rings (SSSR count). The van der Waals surface area contributed by atoms with E-state index >= 15 is 0 Å². The van der Waals surface area contributed by atoms with Crippen LogP contribution in [0.4, 0.5) is 4.79 Å². The molecule has 0 bridgehead atoms. The van der Waals surface area contributed by atoms with E-state index in [2.05, 4.69) is 0 Å². The van der Waals surface area contributed by atoms with Crippen molar-refractivity contribution >= 4 is 6.16 Å². The van der Waals surface area contributed by atoms with Crippen molar-refractivity contribution in [3.05, 3.63) is 0 Å². The Hall–Kier alpha value is 1.82. The van der Waals surface area contributed by atoms with Gasteiger partial charge in [0.15, 0.2) is 0 Å². The fraction of sp³-hybridized carbons (Fsp3) is 0. The standard InChI is InChI=1S/CH2O3.2Dy/c2-1(3)4;;/h(H2,2,3,4);;/p-2. The maximum absolute atomic E-state index is 8.33. The summed E-state index contributed by atoms with van der Waals surface area (Å²) in [7, 11) is 0. The minimum absolute atomic E-state index is 0. The molecule has 0 saturated heterocycles. The minimum atomic E-state index is -2.33. The molecule has 0 aliphatic heterocycles. The molecule has 6 heavy (non-hydrogen) atoms. The average molecular weight is 385 g/mol. The van der Waals surface area contributed by atoms with E-state index in [1.54, 1.807) is 0 Å². The Labute approximate surface area is 95.5 Å². The second-order valence-corrected chi connectivity index (χ2v) is 0.250. The van der Waals surface area contributed by atoms with E-state index in [0.717, 1.165) is 0 Å². The fourth-order valence-corrected chi connectivity index (χ4v) is 0. The predicted octanol–water partition coefficient (Wildman–Crippen LogP) is -2.45. The number of carboxylic acid groups (broad SMARTS) is 2. The van der Waals surface area contributed by atoms with Crippen LogP contribution in [0.3, 0.4) is 0 Å². The Kier molecular flexibility index (Phi) is 25.9. The van der Waals surface area contributed by atoms with Crippen molar-refractivity contribution in [2.24, 2.45) is 0 Å². The first-order chi connectivity index (χ1) is 1.73. The number of carbonyl (C=O) groups is 1. The number of rotatable bonds is 0. The van der Waals surface area contributed by atoms with Crippen LogP contribution in [0.5, 0.6) is 0 Å². The molecule has 0 fully saturated rings. The molecule has 44 valence electrons. The zero-order valence-corrected chi connectivity index (χ0v) is 6.42. The van der Waals surface area contributed by atoms with Crippen molar-refractivity contribution in [3.8, 4) is 0 Å². The van der Waals surface area contributed by atoms with Gasteiger partial charge in [-0.3, -0.25) is 0 Å². The van der Waals surface area contributed by atoms with E-state index in [9.17, 15) is 0 Å². The van der Waals surface area contributed by atoms with E-state index in [0.29, 0.717) is 0 Å². The molecule has 0 atom stereocenters. The largest absolute Gasteiger partial charge is 0.652 e. The molecule has 0 radical (unpaired) electrons. The predicted molar refractivity (Wildman–Crippen MR) is 5.40 cm³/mol. The molecule has 0 aliphatic rings. The third-order valence-corrected chi connectivity index (χ3v) is 0. The van der Waals surface area contributed by atoms with E-state index < -0.39 is 6.16 Å². The first kappa shape index (κ1) is 15.7. The minimum Gasteiger partial charge on any atom is -0.652 e. The molecule has 0 saturated carbocycles. The molecular formula is CDy2O3-2. The number of hydrogen-bond acceptors (Lipinski definition) is 3. The van der Waals surface area contributed by atoms with Crippen LogP contribution in [0.2, 0.25) is 0 Å². The summed E-state index contributed by atoms with van der Waals surface area (Å²) in [5.74, 6) is 0. The normalized spacial score (nSPS) is 4.00. The summed E-state index contributed by atoms with van der Waals surface area (Å²) in [6, 6.07) is 0. The summed E-state index contributed by atoms with van der Waals surface area (Å²) in [5.41, 5.74) is 0. The van der Waals surface area contributed by atoms with Crippen LogP contribution in [0, 0.1) is 76.3 Å². The molecule has 0 N–H and O–H groups in total. The van der Waals surface area contributed by atoms with Crippen LogP contribution < -0.4 is 10.2 Å². The number of hydrogen-bond donors (Lipinski definition) is 0. The Morgan fingerprint density at radius 1 is 1.17 bits per heavy atom. The summed E-state index contributed by atoms with van der Waals surface area (Å²) in [6.45, 7) is 0. The molecule has 0 aromatic heterocycles. The van der Waals surface area contributed by atoms with Gasteiger partial charge < -0.3 is 15.0 Å². The molecule has 0 aromatic carbocycles. The van der Waals surface area contributed by atoms with Gasteiger partial charge in [0, 0.05) is 76.3 Å². The van der Waals surface area contributed by atoms with Gasteiger partial charge in [0.25, 0.3) is 0 Å². The van der Waals surface area contributed by atoms with Crippen molar-refractivity contribution in [3.63, 3.8) is 0 Å². The number of carbonyl (C=O) groups excluding carboxylic acids is 1. The van der Waals surface area contributed by atoms with Gasteiger partial charge in [0.05, 0.1) is 0 Å². The Bertz CT molecular complexity index is 31.8. The van der Waals surface area contributed by atoms with Gasteiger partial charge in [-0.05, 0) is 6.16 Å². The Morgan fingerprint density at radius 2 is 1.17 bits per heavy atom. The second kappa shape index (κ2) is 9.94. The van der Waals surface area contributed by atoms with Crippen LogP contribution in [0.15, 0.2) is 0 Å². The molecular weight excluding hydrogens is 385 g/mol. The van der Waals surface area contributed by atoms with Crippen LogP contribution in [-0.4, -0.2) is 6.16 Å². The van der Waals surface area contributed by atoms with Crippen LogP contribution >= 0.6 is 0 Å². The monoisotopic (exact) mass is 388 g/mol. The molecule has 0 heterocycles. The van der Waals surface area contributed by atoms with Gasteiger partial charge in [-0.25, -0.2) is 0 Å². The third kappa shape index (κ3) is 40.9. The fourth-order valence-electron chi connectivity index (χ4n) is 0. The van der Waals surface area contributed by atoms with Crippen LogP contribution in [-0.2, 0) is 0 Å². The van der Waals surface area contributed by atoms with Crippen molar-refractivity contribution < 1.29 is 91.4 Å². The van der Waals surface area contributed by atoms with Gasteiger partial charge >= 0.3 is 0 Å². The van der Waals surface area contributed by atoms with E-state index in [4.69, 9.17) is 15.0 Å². The second-order valence-electron chi connectivity index (χ2n) is 0.250. The van der Waals surface area contributed by atoms with Crippen molar-refractivity contribution in [1.29, 1.82) is 0 Å². The van der Waals surface area contributed by atoms with Gasteiger partial charge in [-0.2, -0.15) is 0 Å². The zero-order chi connectivity index (χ0) is 3.58. The van der Waals surface area contributed by atoms with Crippen LogP contribution in [0.1, 0.15) is 0 Å². The quantitative estimate of drug-likeness (QED) is 0.466. The molecule has 0 unspecified atom stereocenters. The third-order valence-electron chi connectivity index (χ3n) is 0. The summed E-state index contributed by atoms with van der Waals surface area (Å²) in [4.78, 5) is 8.33. The first-order valence-electron chi connectivity index (χ1n) is 0.612. The van der Waals surface area contributed by atoms with Gasteiger partial charge in [0.1, 0.15) is 0 Å². The molecule has 0 aliphatic carbocycles. The molecule has 0 spiro atoms. The molecule has 0 amide bonds. The van der Waals surface area contributed by atoms with Crippen molar-refractivity contribution in [2.45, 2.75) is 0 Å². The zero-order valence-electron chi connectivity index (χ0n) is 2.36. The van der Waals surface area contributed by atoms with Gasteiger partial charge in [-0.15, -0.1) is 0 Å². The van der Waals surface area contributed by atoms with E-state index in [1.165, 1.54) is 0 Å². The smallest absolute Gasteiger partial charge is 0 e. The van der Waals surface area contributed by atoms with Gasteiger partial charge in [-0.1, -0.05) is 0 Å². The van der Waals surface area contributed by atoms with Crippen molar-refractivity contribution in [2.75, 3.05) is 0 Å².